The van der Waals surface area contributed by atoms with Crippen molar-refractivity contribution in [3.8, 4) is 0 Å². The average Bonchev–Trinajstić information content (AvgIpc) is 2.30. The maximum Gasteiger partial charge on any atom is 0.320 e. The lowest BCUT2D eigenvalue weighted by molar-refractivity contribution is -0.149. The molecule has 0 aliphatic heterocycles. The molecule has 1 rings (SSSR count). The molecule has 0 atom stereocenters. The molecule has 1 amide bonds. The number of nitrogens with zero attached hydrogens (tertiary/aromatic N) is 1. The predicted molar refractivity (Wildman–Crippen MR) is 76.6 cm³/mol. The van der Waals surface area contributed by atoms with Crippen LogP contribution in [0.1, 0.15) is 19.4 Å². The summed E-state index contributed by atoms with van der Waals surface area (Å²) in [6, 6.07) is 7.22. The molecule has 0 spiro atoms. The number of carbonyl (C=O) groups excluding carboxylic acids is 2. The van der Waals surface area contributed by atoms with Crippen molar-refractivity contribution in [3.63, 3.8) is 0 Å². The fourth-order valence-corrected chi connectivity index (χ4v) is 1.75. The first kappa shape index (κ1) is 16.0. The normalized spacial score (nSPS) is 10.8. The molecule has 0 unspecified atom stereocenters. The smallest absolute Gasteiger partial charge is 0.320 e. The van der Waals surface area contributed by atoms with Crippen LogP contribution >= 0.6 is 0 Å². The predicted octanol–water partition coefficient (Wildman–Crippen LogP) is 0.508. The molecule has 0 aromatic heterocycles. The molecule has 6 nitrogen and oxygen atoms in total. The molecular formula is C14H21N3O3. The van der Waals surface area contributed by atoms with Crippen LogP contribution in [0.25, 0.3) is 0 Å². The Kier molecular flexibility index (Phi) is 5.99. The van der Waals surface area contributed by atoms with Crippen LogP contribution in [0.2, 0.25) is 0 Å². The molecule has 110 valence electrons. The van der Waals surface area contributed by atoms with E-state index in [1.54, 1.807) is 30.9 Å². The molecular weight excluding hydrogens is 258 g/mol. The fraction of sp³-hybridized carbons (Fsp3) is 0.429. The van der Waals surface area contributed by atoms with Crippen LogP contribution in [0, 0.1) is 0 Å². The van der Waals surface area contributed by atoms with Gasteiger partial charge in [0.05, 0.1) is 19.2 Å². The van der Waals surface area contributed by atoms with E-state index in [2.05, 4.69) is 0 Å². The molecule has 4 N–H and O–H groups in total. The molecule has 0 radical (unpaired) electrons. The summed E-state index contributed by atoms with van der Waals surface area (Å²) in [5.41, 5.74) is 12.4. The Morgan fingerprint density at radius 3 is 2.30 bits per heavy atom. The lowest BCUT2D eigenvalue weighted by Crippen LogP contribution is -2.38. The molecule has 0 aliphatic carbocycles. The van der Waals surface area contributed by atoms with E-state index in [-0.39, 0.29) is 25.2 Å². The second-order valence-electron chi connectivity index (χ2n) is 4.89. The third-order valence-electron chi connectivity index (χ3n) is 2.49. The first-order chi connectivity index (χ1) is 9.36. The topological polar surface area (TPSA) is 98.6 Å². The molecule has 0 bridgehead atoms. The number of nitrogen functional groups attached to an aromatic ring is 1. The molecule has 0 saturated heterocycles. The van der Waals surface area contributed by atoms with Gasteiger partial charge in [0.1, 0.15) is 0 Å². The van der Waals surface area contributed by atoms with Crippen LogP contribution in [-0.4, -0.2) is 36.0 Å². The molecule has 6 heteroatoms. The van der Waals surface area contributed by atoms with Gasteiger partial charge in [0.25, 0.3) is 0 Å². The molecule has 1 aromatic rings. The van der Waals surface area contributed by atoms with Gasteiger partial charge in [0.2, 0.25) is 5.91 Å². The molecule has 20 heavy (non-hydrogen) atoms. The zero-order valence-electron chi connectivity index (χ0n) is 11.8. The number of esters is 1. The maximum absolute atomic E-state index is 11.7. The van der Waals surface area contributed by atoms with Crippen LogP contribution in [0.4, 0.5) is 5.69 Å². The molecule has 0 fully saturated rings. The van der Waals surface area contributed by atoms with Crippen molar-refractivity contribution < 1.29 is 14.3 Å². The van der Waals surface area contributed by atoms with E-state index in [1.807, 2.05) is 12.1 Å². The Morgan fingerprint density at radius 2 is 1.80 bits per heavy atom. The van der Waals surface area contributed by atoms with Gasteiger partial charge in [0.15, 0.2) is 0 Å². The van der Waals surface area contributed by atoms with E-state index in [4.69, 9.17) is 16.2 Å². The molecule has 1 aromatic carbocycles. The van der Waals surface area contributed by atoms with Crippen molar-refractivity contribution in [3.05, 3.63) is 29.8 Å². The molecule has 0 aliphatic rings. The second-order valence-corrected chi connectivity index (χ2v) is 4.89. The Labute approximate surface area is 118 Å². The summed E-state index contributed by atoms with van der Waals surface area (Å²) in [5, 5.41) is 0. The minimum atomic E-state index is -0.488. The largest absolute Gasteiger partial charge is 0.462 e. The quantitative estimate of drug-likeness (QED) is 0.559. The van der Waals surface area contributed by atoms with E-state index >= 15 is 0 Å². The molecule has 0 saturated carbocycles. The van der Waals surface area contributed by atoms with Gasteiger partial charge in [0, 0.05) is 12.2 Å². The number of nitrogens with two attached hydrogens (primary N) is 2. The van der Waals surface area contributed by atoms with E-state index in [1.165, 1.54) is 0 Å². The Bertz CT molecular complexity index is 457. The van der Waals surface area contributed by atoms with Gasteiger partial charge in [-0.2, -0.15) is 0 Å². The highest BCUT2D eigenvalue weighted by atomic mass is 16.5. The van der Waals surface area contributed by atoms with Crippen molar-refractivity contribution in [2.75, 3.05) is 18.8 Å². The van der Waals surface area contributed by atoms with Crippen molar-refractivity contribution in [1.82, 2.24) is 4.90 Å². The lowest BCUT2D eigenvalue weighted by atomic mass is 10.2. The van der Waals surface area contributed by atoms with Gasteiger partial charge in [-0.15, -0.1) is 0 Å². The summed E-state index contributed by atoms with van der Waals surface area (Å²) in [5.74, 6) is -0.866. The van der Waals surface area contributed by atoms with Crippen molar-refractivity contribution in [1.29, 1.82) is 0 Å². The summed E-state index contributed by atoms with van der Waals surface area (Å²) in [6.07, 6.45) is -0.186. The number of anilines is 1. The first-order valence-electron chi connectivity index (χ1n) is 6.41. The van der Waals surface area contributed by atoms with Crippen molar-refractivity contribution in [2.45, 2.75) is 26.5 Å². The zero-order chi connectivity index (χ0) is 15.1. The van der Waals surface area contributed by atoms with Gasteiger partial charge in [-0.25, -0.2) is 0 Å². The highest BCUT2D eigenvalue weighted by Crippen LogP contribution is 2.08. The van der Waals surface area contributed by atoms with E-state index in [9.17, 15) is 9.59 Å². The van der Waals surface area contributed by atoms with Crippen LogP contribution in [-0.2, 0) is 20.9 Å². The summed E-state index contributed by atoms with van der Waals surface area (Å²) in [4.78, 5) is 24.4. The first-order valence-corrected chi connectivity index (χ1v) is 6.41. The Morgan fingerprint density at radius 1 is 1.20 bits per heavy atom. The highest BCUT2D eigenvalue weighted by Gasteiger charge is 2.15. The molecule has 0 heterocycles. The van der Waals surface area contributed by atoms with Gasteiger partial charge >= 0.3 is 5.97 Å². The van der Waals surface area contributed by atoms with E-state index in [0.29, 0.717) is 12.2 Å². The fourth-order valence-electron chi connectivity index (χ4n) is 1.75. The third-order valence-corrected chi connectivity index (χ3v) is 2.49. The van der Waals surface area contributed by atoms with E-state index in [0.717, 1.165) is 5.56 Å². The minimum absolute atomic E-state index is 0.00241. The number of amides is 1. The van der Waals surface area contributed by atoms with Gasteiger partial charge < -0.3 is 16.2 Å². The maximum atomic E-state index is 11.7. The van der Waals surface area contributed by atoms with Crippen molar-refractivity contribution >= 4 is 17.6 Å². The number of benzene rings is 1. The number of ether oxygens (including phenoxy) is 1. The van der Waals surface area contributed by atoms with Gasteiger partial charge in [-0.3, -0.25) is 14.5 Å². The average molecular weight is 279 g/mol. The third kappa shape index (κ3) is 6.19. The van der Waals surface area contributed by atoms with Crippen LogP contribution in [0.5, 0.6) is 0 Å². The summed E-state index contributed by atoms with van der Waals surface area (Å²) < 4.78 is 5.07. The lowest BCUT2D eigenvalue weighted by Gasteiger charge is -2.20. The standard InChI is InChI=1S/C14H21N3O3/c1-10(2)20-14(19)9-17(8-13(16)18)7-11-3-5-12(15)6-4-11/h3-6,10H,7-9,15H2,1-2H3,(H2,16,18). The van der Waals surface area contributed by atoms with Crippen LogP contribution < -0.4 is 11.5 Å². The van der Waals surface area contributed by atoms with Crippen LogP contribution in [0.15, 0.2) is 24.3 Å². The van der Waals surface area contributed by atoms with Gasteiger partial charge in [-0.05, 0) is 31.5 Å². The number of hydrogen-bond acceptors (Lipinski definition) is 5. The van der Waals surface area contributed by atoms with E-state index < -0.39 is 5.91 Å². The minimum Gasteiger partial charge on any atom is -0.462 e. The summed E-state index contributed by atoms with van der Waals surface area (Å²) >= 11 is 0. The summed E-state index contributed by atoms with van der Waals surface area (Å²) in [6.45, 7) is 3.99. The van der Waals surface area contributed by atoms with Gasteiger partial charge in [-0.1, -0.05) is 12.1 Å². The van der Waals surface area contributed by atoms with Crippen molar-refractivity contribution in [2.24, 2.45) is 5.73 Å². The Hall–Kier alpha value is -2.08. The highest BCUT2D eigenvalue weighted by molar-refractivity contribution is 5.77. The summed E-state index contributed by atoms with van der Waals surface area (Å²) in [7, 11) is 0. The number of hydrogen-bond donors (Lipinski definition) is 2. The zero-order valence-corrected chi connectivity index (χ0v) is 11.8. The number of primary amides is 1. The number of rotatable bonds is 7. The Balaban J connectivity index is 2.66. The monoisotopic (exact) mass is 279 g/mol. The number of carbonyl (C=O) groups is 2. The second kappa shape index (κ2) is 7.49. The van der Waals surface area contributed by atoms with Crippen LogP contribution in [0.3, 0.4) is 0 Å². The SMILES string of the molecule is CC(C)OC(=O)CN(CC(N)=O)Cc1ccc(N)cc1.